The highest BCUT2D eigenvalue weighted by Gasteiger charge is 2.27. The molecule has 0 radical (unpaired) electrons. The molecule has 0 bridgehead atoms. The summed E-state index contributed by atoms with van der Waals surface area (Å²) < 4.78 is 5.45. The van der Waals surface area contributed by atoms with E-state index in [1.807, 2.05) is 46.7 Å². The Kier molecular flexibility index (Phi) is 11.8. The number of nitrogens with zero attached hydrogens (tertiary/aromatic N) is 3. The summed E-state index contributed by atoms with van der Waals surface area (Å²) in [5.74, 6) is -0.235. The van der Waals surface area contributed by atoms with E-state index in [9.17, 15) is 9.59 Å². The Morgan fingerprint density at radius 3 is 2.38 bits per heavy atom. The predicted octanol–water partition coefficient (Wildman–Crippen LogP) is 3.05. The topological polar surface area (TPSA) is 88.3 Å². The lowest BCUT2D eigenvalue weighted by molar-refractivity contribution is -0.121. The zero-order valence-electron chi connectivity index (χ0n) is 16.4. The first kappa shape index (κ1) is 24.9. The lowest BCUT2D eigenvalue weighted by atomic mass is 10.00. The maximum absolute atomic E-state index is 12.7. The molecule has 0 aromatic carbocycles. The molecule has 1 aromatic rings. The molecule has 1 unspecified atom stereocenters. The third kappa shape index (κ3) is 9.54. The number of thioether (sulfide) groups is 1. The summed E-state index contributed by atoms with van der Waals surface area (Å²) in [6.45, 7) is 8.85. The van der Waals surface area contributed by atoms with Gasteiger partial charge < -0.3 is 14.6 Å². The summed E-state index contributed by atoms with van der Waals surface area (Å²) in [6, 6.07) is -0.635. The first-order chi connectivity index (χ1) is 11.7. The van der Waals surface area contributed by atoms with Crippen LogP contribution in [0.5, 0.6) is 0 Å². The molecule has 7 nitrogen and oxygen atoms in total. The van der Waals surface area contributed by atoms with Gasteiger partial charge in [-0.05, 0) is 39.4 Å². The van der Waals surface area contributed by atoms with Crippen molar-refractivity contribution in [2.75, 3.05) is 20.6 Å². The van der Waals surface area contributed by atoms with Crippen LogP contribution < -0.4 is 5.32 Å². The van der Waals surface area contributed by atoms with Crippen molar-refractivity contribution in [3.05, 3.63) is 5.89 Å². The highest BCUT2D eigenvalue weighted by molar-refractivity contribution is 7.99. The lowest BCUT2D eigenvalue weighted by Crippen LogP contribution is -2.42. The van der Waals surface area contributed by atoms with E-state index < -0.39 is 6.04 Å². The molecule has 1 heterocycles. The molecule has 0 fully saturated rings. The Morgan fingerprint density at radius 2 is 1.85 bits per heavy atom. The Morgan fingerprint density at radius 1 is 1.19 bits per heavy atom. The Labute approximate surface area is 166 Å². The number of amides is 1. The Bertz CT molecular complexity index is 564. The van der Waals surface area contributed by atoms with Crippen molar-refractivity contribution in [1.82, 2.24) is 20.4 Å². The van der Waals surface area contributed by atoms with Gasteiger partial charge in [0.1, 0.15) is 0 Å². The van der Waals surface area contributed by atoms with Gasteiger partial charge in [0.25, 0.3) is 11.1 Å². The van der Waals surface area contributed by atoms with Crippen LogP contribution in [0.3, 0.4) is 0 Å². The molecule has 1 atom stereocenters. The van der Waals surface area contributed by atoms with Gasteiger partial charge in [-0.1, -0.05) is 39.5 Å². The third-order valence-corrected chi connectivity index (χ3v) is 4.16. The first-order valence-corrected chi connectivity index (χ1v) is 9.55. The Balaban J connectivity index is 0.00000625. The number of ketones is 1. The lowest BCUT2D eigenvalue weighted by Gasteiger charge is -2.18. The predicted molar refractivity (Wildman–Crippen MR) is 106 cm³/mol. The summed E-state index contributed by atoms with van der Waals surface area (Å²) in [4.78, 5) is 26.8. The largest absolute Gasteiger partial charge is 0.408 e. The van der Waals surface area contributed by atoms with E-state index in [0.29, 0.717) is 18.1 Å². The van der Waals surface area contributed by atoms with Crippen LogP contribution in [0.15, 0.2) is 9.64 Å². The van der Waals surface area contributed by atoms with Crippen LogP contribution in [0.1, 0.15) is 57.6 Å². The van der Waals surface area contributed by atoms with Gasteiger partial charge in [-0.15, -0.1) is 22.6 Å². The van der Waals surface area contributed by atoms with Crippen LogP contribution in [0, 0.1) is 5.92 Å². The average molecular weight is 407 g/mol. The Hall–Kier alpha value is -1.12. The molecule has 0 saturated heterocycles. The molecule has 0 spiro atoms. The zero-order chi connectivity index (χ0) is 19.0. The van der Waals surface area contributed by atoms with E-state index in [0.717, 1.165) is 13.0 Å². The number of carbonyl (C=O) groups is 2. The highest BCUT2D eigenvalue weighted by atomic mass is 35.5. The average Bonchev–Trinajstić information content (AvgIpc) is 2.92. The maximum atomic E-state index is 12.7. The van der Waals surface area contributed by atoms with Crippen molar-refractivity contribution in [2.24, 2.45) is 5.92 Å². The summed E-state index contributed by atoms with van der Waals surface area (Å²) >= 11 is 1.41. The fourth-order valence-electron chi connectivity index (χ4n) is 2.23. The van der Waals surface area contributed by atoms with Gasteiger partial charge in [-0.2, -0.15) is 0 Å². The summed E-state index contributed by atoms with van der Waals surface area (Å²) in [7, 11) is 3.93. The minimum atomic E-state index is -0.635. The van der Waals surface area contributed by atoms with Crippen molar-refractivity contribution in [1.29, 1.82) is 0 Å². The molecule has 26 heavy (non-hydrogen) atoms. The third-order valence-electron chi connectivity index (χ3n) is 3.32. The van der Waals surface area contributed by atoms with Gasteiger partial charge in [-0.25, -0.2) is 0 Å². The quantitative estimate of drug-likeness (QED) is 0.446. The molecular formula is C17H31ClN4O3S. The van der Waals surface area contributed by atoms with E-state index in [1.165, 1.54) is 11.8 Å². The second-order valence-corrected chi connectivity index (χ2v) is 8.59. The summed E-state index contributed by atoms with van der Waals surface area (Å²) in [6.07, 6.45) is 1.67. The van der Waals surface area contributed by atoms with Gasteiger partial charge in [-0.3, -0.25) is 9.59 Å². The number of halogens is 1. The SMILES string of the molecule is CC(C)CC(NC(=O)CCCN(C)C)C(=O)c1nnc(SC(C)C)o1.Cl. The smallest absolute Gasteiger partial charge is 0.286 e. The van der Waals surface area contributed by atoms with E-state index in [4.69, 9.17) is 4.42 Å². The molecule has 1 N–H and O–H groups in total. The van der Waals surface area contributed by atoms with E-state index >= 15 is 0 Å². The van der Waals surface area contributed by atoms with Crippen LogP contribution in [0.25, 0.3) is 0 Å². The normalized spacial score (nSPS) is 12.3. The number of aromatic nitrogens is 2. The van der Waals surface area contributed by atoms with Crippen molar-refractivity contribution in [3.63, 3.8) is 0 Å². The molecule has 1 aromatic heterocycles. The standard InChI is InChI=1S/C17H30N4O3S.ClH/c1-11(2)10-13(18-14(22)8-7-9-21(5)6)15(23)16-19-20-17(24-16)25-12(3)4;/h11-13H,7-10H2,1-6H3,(H,18,22);1H. The van der Waals surface area contributed by atoms with Crippen molar-refractivity contribution < 1.29 is 14.0 Å². The minimum absolute atomic E-state index is 0. The van der Waals surface area contributed by atoms with Gasteiger partial charge in [0.05, 0.1) is 6.04 Å². The molecule has 150 valence electrons. The molecule has 1 amide bonds. The molecule has 1 rings (SSSR count). The van der Waals surface area contributed by atoms with Crippen LogP contribution >= 0.6 is 24.2 Å². The number of hydrogen-bond acceptors (Lipinski definition) is 7. The minimum Gasteiger partial charge on any atom is -0.408 e. The van der Waals surface area contributed by atoms with E-state index in [2.05, 4.69) is 15.5 Å². The van der Waals surface area contributed by atoms with Gasteiger partial charge in [0.15, 0.2) is 0 Å². The van der Waals surface area contributed by atoms with E-state index in [-0.39, 0.29) is 41.2 Å². The highest BCUT2D eigenvalue weighted by Crippen LogP contribution is 2.22. The number of nitrogens with one attached hydrogen (secondary N) is 1. The van der Waals surface area contributed by atoms with Crippen molar-refractivity contribution >= 4 is 35.9 Å². The second-order valence-electron chi connectivity index (χ2n) is 7.06. The molecule has 0 saturated carbocycles. The number of hydrogen-bond donors (Lipinski definition) is 1. The van der Waals surface area contributed by atoms with Crippen molar-refractivity contribution in [2.45, 2.75) is 63.5 Å². The molecule has 0 aliphatic rings. The monoisotopic (exact) mass is 406 g/mol. The second kappa shape index (κ2) is 12.3. The van der Waals surface area contributed by atoms with E-state index in [1.54, 1.807) is 0 Å². The summed E-state index contributed by atoms with van der Waals surface area (Å²) in [5.41, 5.74) is 0. The fraction of sp³-hybridized carbons (Fsp3) is 0.765. The van der Waals surface area contributed by atoms with Crippen LogP contribution in [0.4, 0.5) is 0 Å². The number of Topliss-reactive ketones (excluding diaryl/α,β-unsaturated/α-hetero) is 1. The first-order valence-electron chi connectivity index (χ1n) is 8.67. The number of rotatable bonds is 11. The van der Waals surface area contributed by atoms with Gasteiger partial charge in [0.2, 0.25) is 11.7 Å². The molecule has 9 heteroatoms. The van der Waals surface area contributed by atoms with Crippen LogP contribution in [-0.2, 0) is 4.79 Å². The van der Waals surface area contributed by atoms with Crippen molar-refractivity contribution in [3.8, 4) is 0 Å². The van der Waals surface area contributed by atoms with Gasteiger partial charge in [0, 0.05) is 11.7 Å². The summed E-state index contributed by atoms with van der Waals surface area (Å²) in [5, 5.41) is 11.2. The molecular weight excluding hydrogens is 376 g/mol. The number of carbonyl (C=O) groups excluding carboxylic acids is 2. The van der Waals surface area contributed by atoms with Gasteiger partial charge >= 0.3 is 0 Å². The fourth-order valence-corrected chi connectivity index (χ4v) is 2.85. The molecule has 0 aliphatic heterocycles. The van der Waals surface area contributed by atoms with Crippen LogP contribution in [0.2, 0.25) is 0 Å². The molecule has 0 aliphatic carbocycles. The zero-order valence-corrected chi connectivity index (χ0v) is 18.1. The maximum Gasteiger partial charge on any atom is 0.286 e. The van der Waals surface area contributed by atoms with Crippen LogP contribution in [-0.4, -0.2) is 58.7 Å².